The van der Waals surface area contributed by atoms with E-state index in [9.17, 15) is 0 Å². The van der Waals surface area contributed by atoms with E-state index < -0.39 is 0 Å². The molecule has 0 bridgehead atoms. The lowest BCUT2D eigenvalue weighted by molar-refractivity contribution is 1.10. The number of hydrogen-bond acceptors (Lipinski definition) is 6. The smallest absolute Gasteiger partial charge is 0.156 e. The summed E-state index contributed by atoms with van der Waals surface area (Å²) in [4.78, 5) is 14.4. The average Bonchev–Trinajstić information content (AvgIpc) is 3.17. The SMILES string of the molecule is c1ccc(-c2csc(Sc3ncnc4sccc34)n2)cc1. The molecule has 0 radical (unpaired) electrons. The monoisotopic (exact) mass is 327 g/mol. The van der Waals surface area contributed by atoms with Crippen LogP contribution in [0.3, 0.4) is 0 Å². The molecule has 0 aliphatic rings. The van der Waals surface area contributed by atoms with E-state index in [1.807, 2.05) is 23.6 Å². The van der Waals surface area contributed by atoms with Gasteiger partial charge in [0, 0.05) is 16.3 Å². The fraction of sp³-hybridized carbons (Fsp3) is 0. The second-order valence-electron chi connectivity index (χ2n) is 4.28. The molecule has 1 aromatic carbocycles. The first-order chi connectivity index (χ1) is 10.4. The van der Waals surface area contributed by atoms with E-state index in [1.165, 1.54) is 0 Å². The zero-order chi connectivity index (χ0) is 14.1. The third-order valence-corrected chi connectivity index (χ3v) is 5.74. The Bertz CT molecular complexity index is 883. The van der Waals surface area contributed by atoms with E-state index in [0.717, 1.165) is 30.8 Å². The molecule has 3 heterocycles. The molecule has 102 valence electrons. The molecule has 0 saturated heterocycles. The van der Waals surface area contributed by atoms with Crippen LogP contribution in [-0.2, 0) is 0 Å². The largest absolute Gasteiger partial charge is 0.229 e. The summed E-state index contributed by atoms with van der Waals surface area (Å²) in [6.45, 7) is 0. The molecule has 0 saturated carbocycles. The van der Waals surface area contributed by atoms with Crippen LogP contribution in [0.2, 0.25) is 0 Å². The summed E-state index contributed by atoms with van der Waals surface area (Å²) < 4.78 is 1.00. The normalized spacial score (nSPS) is 11.0. The van der Waals surface area contributed by atoms with E-state index >= 15 is 0 Å². The highest BCUT2D eigenvalue weighted by Gasteiger charge is 2.10. The van der Waals surface area contributed by atoms with Crippen LogP contribution < -0.4 is 0 Å². The van der Waals surface area contributed by atoms with Gasteiger partial charge in [-0.3, -0.25) is 0 Å². The van der Waals surface area contributed by atoms with Gasteiger partial charge in [-0.05, 0) is 23.2 Å². The molecule has 0 atom stereocenters. The van der Waals surface area contributed by atoms with Gasteiger partial charge < -0.3 is 0 Å². The highest BCUT2D eigenvalue weighted by atomic mass is 32.2. The Hall–Kier alpha value is -1.76. The van der Waals surface area contributed by atoms with Crippen molar-refractivity contribution in [3.05, 3.63) is 53.5 Å². The lowest BCUT2D eigenvalue weighted by Crippen LogP contribution is -1.83. The van der Waals surface area contributed by atoms with Crippen molar-refractivity contribution in [2.75, 3.05) is 0 Å². The predicted molar refractivity (Wildman–Crippen MR) is 89.1 cm³/mol. The number of nitrogens with zero attached hydrogens (tertiary/aromatic N) is 3. The van der Waals surface area contributed by atoms with E-state index in [-0.39, 0.29) is 0 Å². The minimum Gasteiger partial charge on any atom is -0.229 e. The number of benzene rings is 1. The van der Waals surface area contributed by atoms with Crippen LogP contribution in [0.1, 0.15) is 0 Å². The van der Waals surface area contributed by atoms with Crippen molar-refractivity contribution in [3.8, 4) is 11.3 Å². The van der Waals surface area contributed by atoms with Gasteiger partial charge >= 0.3 is 0 Å². The van der Waals surface area contributed by atoms with E-state index in [4.69, 9.17) is 4.98 Å². The number of thiophene rings is 1. The van der Waals surface area contributed by atoms with E-state index in [1.54, 1.807) is 40.8 Å². The maximum atomic E-state index is 4.69. The maximum absolute atomic E-state index is 4.69. The Morgan fingerprint density at radius 1 is 0.952 bits per heavy atom. The van der Waals surface area contributed by atoms with Crippen LogP contribution in [0.4, 0.5) is 0 Å². The summed E-state index contributed by atoms with van der Waals surface area (Å²) in [5.74, 6) is 0. The molecular weight excluding hydrogens is 318 g/mol. The van der Waals surface area contributed by atoms with Gasteiger partial charge in [-0.25, -0.2) is 15.0 Å². The molecule has 3 aromatic heterocycles. The third kappa shape index (κ3) is 2.57. The second-order valence-corrected chi connectivity index (χ2v) is 7.27. The summed E-state index contributed by atoms with van der Waals surface area (Å²) in [6, 6.07) is 12.3. The minimum atomic E-state index is 0.968. The second kappa shape index (κ2) is 5.55. The first-order valence-electron chi connectivity index (χ1n) is 6.27. The lowest BCUT2D eigenvalue weighted by Gasteiger charge is -1.98. The summed E-state index contributed by atoms with van der Waals surface area (Å²) in [6.07, 6.45) is 1.62. The fourth-order valence-electron chi connectivity index (χ4n) is 1.98. The maximum Gasteiger partial charge on any atom is 0.156 e. The molecule has 0 aliphatic heterocycles. The van der Waals surface area contributed by atoms with Gasteiger partial charge in [-0.2, -0.15) is 0 Å². The van der Waals surface area contributed by atoms with Gasteiger partial charge in [0.25, 0.3) is 0 Å². The molecule has 0 spiro atoms. The Balaban J connectivity index is 1.66. The molecule has 0 N–H and O–H groups in total. The zero-order valence-electron chi connectivity index (χ0n) is 10.8. The van der Waals surface area contributed by atoms with Crippen LogP contribution in [0.25, 0.3) is 21.5 Å². The van der Waals surface area contributed by atoms with E-state index in [2.05, 4.69) is 33.5 Å². The molecule has 0 fully saturated rings. The molecular formula is C15H9N3S3. The summed E-state index contributed by atoms with van der Waals surface area (Å²) >= 11 is 4.88. The average molecular weight is 327 g/mol. The third-order valence-electron chi connectivity index (χ3n) is 2.96. The molecule has 0 unspecified atom stereocenters. The van der Waals surface area contributed by atoms with Crippen LogP contribution in [0.15, 0.2) is 62.9 Å². The lowest BCUT2D eigenvalue weighted by atomic mass is 10.2. The fourth-order valence-corrected chi connectivity index (χ4v) is 4.58. The van der Waals surface area contributed by atoms with Crippen molar-refractivity contribution in [1.82, 2.24) is 15.0 Å². The Morgan fingerprint density at radius 2 is 1.86 bits per heavy atom. The highest BCUT2D eigenvalue weighted by Crippen LogP contribution is 2.36. The Kier molecular flexibility index (Phi) is 3.42. The van der Waals surface area contributed by atoms with Crippen molar-refractivity contribution >= 4 is 44.7 Å². The Labute approximate surface area is 133 Å². The first-order valence-corrected chi connectivity index (χ1v) is 8.85. The number of rotatable bonds is 3. The van der Waals surface area contributed by atoms with Gasteiger partial charge in [0.2, 0.25) is 0 Å². The first kappa shape index (κ1) is 12.9. The van der Waals surface area contributed by atoms with Crippen molar-refractivity contribution in [2.24, 2.45) is 0 Å². The van der Waals surface area contributed by atoms with Gasteiger partial charge in [-0.1, -0.05) is 30.3 Å². The van der Waals surface area contributed by atoms with Gasteiger partial charge in [0.1, 0.15) is 16.2 Å². The summed E-state index contributed by atoms with van der Waals surface area (Å²) in [5, 5.41) is 6.20. The van der Waals surface area contributed by atoms with Gasteiger partial charge in [-0.15, -0.1) is 22.7 Å². The molecule has 4 rings (SSSR count). The quantitative estimate of drug-likeness (QED) is 0.498. The number of fused-ring (bicyclic) bond motifs is 1. The number of thiazole rings is 1. The summed E-state index contributed by atoms with van der Waals surface area (Å²) in [7, 11) is 0. The topological polar surface area (TPSA) is 38.7 Å². The molecule has 4 aromatic rings. The van der Waals surface area contributed by atoms with E-state index in [0.29, 0.717) is 0 Å². The van der Waals surface area contributed by atoms with Crippen molar-refractivity contribution in [2.45, 2.75) is 9.37 Å². The van der Waals surface area contributed by atoms with Gasteiger partial charge in [0.15, 0.2) is 4.34 Å². The minimum absolute atomic E-state index is 0.968. The molecule has 3 nitrogen and oxygen atoms in total. The highest BCUT2D eigenvalue weighted by molar-refractivity contribution is 8.01. The van der Waals surface area contributed by atoms with Crippen LogP contribution in [-0.4, -0.2) is 15.0 Å². The van der Waals surface area contributed by atoms with Crippen molar-refractivity contribution in [3.63, 3.8) is 0 Å². The molecule has 0 aliphatic carbocycles. The van der Waals surface area contributed by atoms with Crippen molar-refractivity contribution < 1.29 is 0 Å². The molecule has 6 heteroatoms. The summed E-state index contributed by atoms with van der Waals surface area (Å²) in [5.41, 5.74) is 2.16. The number of hydrogen-bond donors (Lipinski definition) is 0. The zero-order valence-corrected chi connectivity index (χ0v) is 13.2. The van der Waals surface area contributed by atoms with Gasteiger partial charge in [0.05, 0.1) is 5.69 Å². The van der Waals surface area contributed by atoms with Crippen molar-refractivity contribution in [1.29, 1.82) is 0 Å². The standard InChI is InChI=1S/C15H9N3S3/c1-2-4-10(5-3-1)12-8-20-15(18-12)21-14-11-6-7-19-13(11)16-9-17-14/h1-9H. The van der Waals surface area contributed by atoms with Crippen LogP contribution >= 0.6 is 34.4 Å². The van der Waals surface area contributed by atoms with Crippen LogP contribution in [0, 0.1) is 0 Å². The van der Waals surface area contributed by atoms with Crippen LogP contribution in [0.5, 0.6) is 0 Å². The number of aromatic nitrogens is 3. The Morgan fingerprint density at radius 3 is 2.76 bits per heavy atom. The molecule has 0 amide bonds. The molecule has 21 heavy (non-hydrogen) atoms. The predicted octanol–water partition coefficient (Wildman–Crippen LogP) is 4.97.